The molecule has 0 aliphatic carbocycles. The lowest BCUT2D eigenvalue weighted by Gasteiger charge is -2.15. The summed E-state index contributed by atoms with van der Waals surface area (Å²) in [6.45, 7) is 9.36. The van der Waals surface area contributed by atoms with E-state index in [2.05, 4.69) is 38.1 Å². The maximum atomic E-state index is 12.2. The number of allylic oxidation sites excluding steroid dienone is 2. The Balaban J connectivity index is 3.80. The molecular formula is C23H41NO3. The van der Waals surface area contributed by atoms with Crippen molar-refractivity contribution in [2.75, 3.05) is 0 Å². The average molecular weight is 380 g/mol. The molecule has 0 aliphatic heterocycles. The number of rotatable bonds is 16. The highest BCUT2D eigenvalue weighted by molar-refractivity contribution is 5.88. The summed E-state index contributed by atoms with van der Waals surface area (Å²) in [4.78, 5) is 28.3. The van der Waals surface area contributed by atoms with Crippen molar-refractivity contribution < 1.29 is 14.4 Å². The van der Waals surface area contributed by atoms with E-state index in [9.17, 15) is 9.59 Å². The maximum Gasteiger partial charge on any atom is 0.358 e. The molecule has 4 heteroatoms. The Hall–Kier alpha value is -1.58. The quantitative estimate of drug-likeness (QED) is 0.146. The molecule has 0 fully saturated rings. The van der Waals surface area contributed by atoms with Crippen LogP contribution in [0.15, 0.2) is 24.3 Å². The smallest absolute Gasteiger partial charge is 0.336 e. The average Bonchev–Trinajstić information content (AvgIpc) is 2.65. The van der Waals surface area contributed by atoms with Crippen LogP contribution in [0.2, 0.25) is 0 Å². The summed E-state index contributed by atoms with van der Waals surface area (Å²) in [6.07, 6.45) is 19.5. The lowest BCUT2D eigenvalue weighted by atomic mass is 9.95. The van der Waals surface area contributed by atoms with Crippen molar-refractivity contribution in [2.24, 2.45) is 5.92 Å². The molecule has 0 aromatic rings. The van der Waals surface area contributed by atoms with Gasteiger partial charge in [0.05, 0.1) is 0 Å². The Labute approximate surface area is 166 Å². The number of amides is 1. The minimum absolute atomic E-state index is 0.0871. The van der Waals surface area contributed by atoms with Gasteiger partial charge in [-0.05, 0) is 45.4 Å². The van der Waals surface area contributed by atoms with Crippen LogP contribution in [0.1, 0.15) is 104 Å². The van der Waals surface area contributed by atoms with E-state index in [4.69, 9.17) is 4.84 Å². The van der Waals surface area contributed by atoms with Gasteiger partial charge in [0.1, 0.15) is 0 Å². The minimum atomic E-state index is -0.586. The van der Waals surface area contributed by atoms with Crippen LogP contribution >= 0.6 is 0 Å². The van der Waals surface area contributed by atoms with Gasteiger partial charge in [-0.25, -0.2) is 4.79 Å². The molecule has 1 N–H and O–H groups in total. The van der Waals surface area contributed by atoms with Crippen LogP contribution in [-0.2, 0) is 14.4 Å². The second kappa shape index (κ2) is 17.8. The number of nitrogens with one attached hydrogen (secondary N) is 1. The molecule has 1 amide bonds. The second-order valence-electron chi connectivity index (χ2n) is 7.43. The van der Waals surface area contributed by atoms with Gasteiger partial charge in [-0.2, -0.15) is 5.48 Å². The van der Waals surface area contributed by atoms with Gasteiger partial charge in [-0.1, -0.05) is 77.5 Å². The number of carbonyl (C=O) groups is 2. The molecule has 0 bridgehead atoms. The van der Waals surface area contributed by atoms with Crippen molar-refractivity contribution >= 4 is 11.9 Å². The van der Waals surface area contributed by atoms with E-state index >= 15 is 0 Å². The highest BCUT2D eigenvalue weighted by Crippen LogP contribution is 2.17. The summed E-state index contributed by atoms with van der Waals surface area (Å²) in [5, 5.41) is 0. The summed E-state index contributed by atoms with van der Waals surface area (Å²) in [7, 11) is 0. The summed E-state index contributed by atoms with van der Waals surface area (Å²) in [5.41, 5.74) is 2.56. The van der Waals surface area contributed by atoms with E-state index in [0.29, 0.717) is 0 Å². The van der Waals surface area contributed by atoms with Crippen LogP contribution in [0.4, 0.5) is 0 Å². The molecule has 4 nitrogen and oxygen atoms in total. The Kier molecular flexibility index (Phi) is 16.8. The minimum Gasteiger partial charge on any atom is -0.336 e. The molecule has 0 heterocycles. The molecule has 27 heavy (non-hydrogen) atoms. The fourth-order valence-corrected chi connectivity index (χ4v) is 2.95. The molecule has 156 valence electrons. The zero-order chi connectivity index (χ0) is 20.3. The van der Waals surface area contributed by atoms with Crippen molar-refractivity contribution in [1.82, 2.24) is 5.48 Å². The van der Waals surface area contributed by atoms with E-state index in [0.717, 1.165) is 38.5 Å². The molecule has 1 atom stereocenters. The van der Waals surface area contributed by atoms with Gasteiger partial charge in [0.2, 0.25) is 0 Å². The first kappa shape index (κ1) is 25.4. The van der Waals surface area contributed by atoms with Crippen molar-refractivity contribution in [3.63, 3.8) is 0 Å². The second-order valence-corrected chi connectivity index (χ2v) is 7.43. The summed E-state index contributed by atoms with van der Waals surface area (Å²) < 4.78 is 0. The number of unbranched alkanes of at least 4 members (excludes halogenated alkanes) is 8. The molecular weight excluding hydrogens is 338 g/mol. The Morgan fingerprint density at radius 1 is 0.889 bits per heavy atom. The van der Waals surface area contributed by atoms with Crippen molar-refractivity contribution in [3.8, 4) is 0 Å². The van der Waals surface area contributed by atoms with Gasteiger partial charge in [-0.3, -0.25) is 4.79 Å². The Morgan fingerprint density at radius 2 is 1.48 bits per heavy atom. The zero-order valence-corrected chi connectivity index (χ0v) is 17.9. The van der Waals surface area contributed by atoms with Crippen molar-refractivity contribution in [3.05, 3.63) is 24.3 Å². The zero-order valence-electron chi connectivity index (χ0n) is 17.9. The lowest BCUT2D eigenvalue weighted by molar-refractivity contribution is -0.156. The van der Waals surface area contributed by atoms with E-state index < -0.39 is 5.97 Å². The van der Waals surface area contributed by atoms with Crippen LogP contribution in [0.5, 0.6) is 0 Å². The van der Waals surface area contributed by atoms with Crippen LogP contribution in [0.3, 0.4) is 0 Å². The monoisotopic (exact) mass is 379 g/mol. The van der Waals surface area contributed by atoms with E-state index in [1.165, 1.54) is 44.9 Å². The number of hydrogen-bond donors (Lipinski definition) is 1. The Morgan fingerprint density at radius 3 is 2.04 bits per heavy atom. The summed E-state index contributed by atoms with van der Waals surface area (Å²) >= 11 is 0. The highest BCUT2D eigenvalue weighted by Gasteiger charge is 2.18. The number of hydroxylamine groups is 1. The number of carbonyl (C=O) groups excluding carboxylic acids is 2. The highest BCUT2D eigenvalue weighted by atomic mass is 16.7. The first-order valence-electron chi connectivity index (χ1n) is 10.8. The van der Waals surface area contributed by atoms with Crippen LogP contribution in [0, 0.1) is 5.92 Å². The van der Waals surface area contributed by atoms with Crippen molar-refractivity contribution in [1.29, 1.82) is 0 Å². The van der Waals surface area contributed by atoms with Crippen LogP contribution in [-0.4, -0.2) is 11.9 Å². The maximum absolute atomic E-state index is 12.2. The normalized spacial score (nSPS) is 12.1. The van der Waals surface area contributed by atoms with E-state index in [1.807, 2.05) is 0 Å². The van der Waals surface area contributed by atoms with Crippen LogP contribution < -0.4 is 5.48 Å². The molecule has 0 aliphatic rings. The third kappa shape index (κ3) is 15.2. The summed E-state index contributed by atoms with van der Waals surface area (Å²) in [6, 6.07) is 0. The van der Waals surface area contributed by atoms with Crippen LogP contribution in [0.25, 0.3) is 0 Å². The van der Waals surface area contributed by atoms with E-state index in [1.54, 1.807) is 6.92 Å². The fraction of sp³-hybridized carbons (Fsp3) is 0.739. The van der Waals surface area contributed by atoms with Gasteiger partial charge in [-0.15, -0.1) is 0 Å². The van der Waals surface area contributed by atoms with E-state index in [-0.39, 0.29) is 17.4 Å². The Bertz CT molecular complexity index is 443. The third-order valence-corrected chi connectivity index (χ3v) is 4.67. The van der Waals surface area contributed by atoms with Gasteiger partial charge >= 0.3 is 5.97 Å². The molecule has 0 spiro atoms. The predicted octanol–water partition coefficient (Wildman–Crippen LogP) is 6.42. The summed E-state index contributed by atoms with van der Waals surface area (Å²) in [5.74, 6) is -0.870. The first-order valence-corrected chi connectivity index (χ1v) is 10.8. The number of hydrogen-bond acceptors (Lipinski definition) is 3. The van der Waals surface area contributed by atoms with Crippen molar-refractivity contribution in [2.45, 2.75) is 104 Å². The largest absolute Gasteiger partial charge is 0.358 e. The predicted molar refractivity (Wildman–Crippen MR) is 113 cm³/mol. The molecule has 0 saturated heterocycles. The molecule has 0 radical (unpaired) electrons. The molecule has 1 unspecified atom stereocenters. The van der Waals surface area contributed by atoms with Gasteiger partial charge < -0.3 is 4.84 Å². The molecule has 0 saturated carbocycles. The van der Waals surface area contributed by atoms with Gasteiger partial charge in [0.25, 0.3) is 5.91 Å². The topological polar surface area (TPSA) is 55.4 Å². The third-order valence-electron chi connectivity index (χ3n) is 4.67. The standard InChI is InChI=1S/C23H41NO3/c1-5-7-8-9-10-11-12-13-14-15-16-17-19-21(18-6-2)22(25)24-27-23(26)20(3)4/h11-12,21H,3,5-10,13-19H2,1-2,4H3,(H,24,25). The fourth-order valence-electron chi connectivity index (χ4n) is 2.95. The lowest BCUT2D eigenvalue weighted by Crippen LogP contribution is -2.33. The van der Waals surface area contributed by atoms with Gasteiger partial charge in [0.15, 0.2) is 0 Å². The molecule has 0 aromatic heterocycles. The molecule has 0 aromatic carbocycles. The SMILES string of the molecule is C=C(C)C(=O)ONC(=O)C(CCC)CCCCCCC=CCCCCCC. The first-order chi connectivity index (χ1) is 13.0. The van der Waals surface area contributed by atoms with Gasteiger partial charge in [0, 0.05) is 11.5 Å². The molecule has 0 rings (SSSR count).